The highest BCUT2D eigenvalue weighted by atomic mass is 16.6. The number of ether oxygens (including phenoxy) is 1. The molecule has 0 saturated carbocycles. The summed E-state index contributed by atoms with van der Waals surface area (Å²) in [5, 5.41) is 23.1. The van der Waals surface area contributed by atoms with Gasteiger partial charge in [0.1, 0.15) is 13.1 Å². The van der Waals surface area contributed by atoms with Crippen molar-refractivity contribution in [2.45, 2.75) is 6.42 Å². The molecule has 0 unspecified atom stereocenters. The van der Waals surface area contributed by atoms with Crippen molar-refractivity contribution in [2.24, 2.45) is 5.16 Å². The first-order chi connectivity index (χ1) is 11.0. The molecule has 1 fully saturated rings. The molecular weight excluding hydrogens is 298 g/mol. The van der Waals surface area contributed by atoms with Crippen LogP contribution in [0.3, 0.4) is 0 Å². The van der Waals surface area contributed by atoms with Gasteiger partial charge >= 0.3 is 0 Å². The highest BCUT2D eigenvalue weighted by molar-refractivity contribution is 5.97. The minimum Gasteiger partial charge on any atom is -0.411 e. The van der Waals surface area contributed by atoms with Crippen LogP contribution < -0.4 is 0 Å². The van der Waals surface area contributed by atoms with E-state index in [9.17, 15) is 10.1 Å². The molecule has 124 valence electrons. The van der Waals surface area contributed by atoms with Crippen molar-refractivity contribution >= 4 is 17.5 Å². The molecule has 1 aromatic carbocycles. The van der Waals surface area contributed by atoms with E-state index in [2.05, 4.69) is 12.2 Å². The zero-order valence-electron chi connectivity index (χ0n) is 13.2. The number of nitrogens with zero attached hydrogens (tertiary/aromatic N) is 3. The number of nitro benzene ring substituents is 1. The van der Waals surface area contributed by atoms with Crippen LogP contribution in [0.15, 0.2) is 35.5 Å². The van der Waals surface area contributed by atoms with Crippen LogP contribution in [-0.4, -0.2) is 60.2 Å². The van der Waals surface area contributed by atoms with Crippen LogP contribution in [0, 0.1) is 10.1 Å². The number of allylic oxidation sites excluding steroid dienone is 1. The number of rotatable bonds is 6. The fourth-order valence-electron chi connectivity index (χ4n) is 2.46. The number of nitro groups is 1. The van der Waals surface area contributed by atoms with Crippen molar-refractivity contribution < 1.29 is 19.4 Å². The summed E-state index contributed by atoms with van der Waals surface area (Å²) in [6, 6.07) is 6.24. The standard InChI is InChI=1S/C16H21N3O4/c1-19(10-12-23-13-11-19)9-8-15(17-20)5-2-14-3-6-16(7-4-14)18(21)22/h2-7H,8-13H2,1H3/p+1/b5-2+,17-15-. The van der Waals surface area contributed by atoms with Crippen molar-refractivity contribution in [3.8, 4) is 0 Å². The van der Waals surface area contributed by atoms with Gasteiger partial charge in [-0.25, -0.2) is 0 Å². The minimum atomic E-state index is -0.430. The van der Waals surface area contributed by atoms with Crippen molar-refractivity contribution in [3.63, 3.8) is 0 Å². The largest absolute Gasteiger partial charge is 0.411 e. The Hall–Kier alpha value is -2.25. The Labute approximate surface area is 135 Å². The molecule has 7 heteroatoms. The van der Waals surface area contributed by atoms with Crippen LogP contribution >= 0.6 is 0 Å². The first-order valence-corrected chi connectivity index (χ1v) is 7.57. The van der Waals surface area contributed by atoms with E-state index in [1.165, 1.54) is 12.1 Å². The first kappa shape index (κ1) is 17.1. The fourth-order valence-corrected chi connectivity index (χ4v) is 2.46. The summed E-state index contributed by atoms with van der Waals surface area (Å²) in [5.74, 6) is 0. The average Bonchev–Trinajstić information content (AvgIpc) is 2.56. The maximum absolute atomic E-state index is 10.6. The highest BCUT2D eigenvalue weighted by Gasteiger charge is 2.25. The number of benzene rings is 1. The van der Waals surface area contributed by atoms with Crippen LogP contribution in [-0.2, 0) is 4.74 Å². The Morgan fingerprint density at radius 1 is 1.39 bits per heavy atom. The maximum Gasteiger partial charge on any atom is 0.269 e. The molecule has 1 heterocycles. The zero-order chi connectivity index (χ0) is 16.7. The van der Waals surface area contributed by atoms with Crippen LogP contribution in [0.2, 0.25) is 0 Å². The normalized spacial score (nSPS) is 18.2. The molecule has 1 N–H and O–H groups in total. The number of likely N-dealkylation sites (N-methyl/N-ethyl adjacent to an activating group) is 1. The summed E-state index contributed by atoms with van der Waals surface area (Å²) in [5.41, 5.74) is 1.47. The van der Waals surface area contributed by atoms with E-state index < -0.39 is 4.92 Å². The third-order valence-corrected chi connectivity index (χ3v) is 4.16. The molecule has 1 aliphatic rings. The van der Waals surface area contributed by atoms with Crippen LogP contribution in [0.5, 0.6) is 0 Å². The molecule has 0 aromatic heterocycles. The second kappa shape index (κ2) is 7.85. The lowest BCUT2D eigenvalue weighted by Crippen LogP contribution is -2.52. The molecule has 1 aliphatic heterocycles. The fraction of sp³-hybridized carbons (Fsp3) is 0.438. The summed E-state index contributed by atoms with van der Waals surface area (Å²) >= 11 is 0. The van der Waals surface area contributed by atoms with Crippen molar-refractivity contribution in [1.29, 1.82) is 0 Å². The molecule has 23 heavy (non-hydrogen) atoms. The summed E-state index contributed by atoms with van der Waals surface area (Å²) in [4.78, 5) is 10.2. The lowest BCUT2D eigenvalue weighted by atomic mass is 10.1. The lowest BCUT2D eigenvalue weighted by Gasteiger charge is -2.37. The van der Waals surface area contributed by atoms with Gasteiger partial charge in [-0.3, -0.25) is 10.1 Å². The van der Waals surface area contributed by atoms with Gasteiger partial charge in [0.2, 0.25) is 0 Å². The highest BCUT2D eigenvalue weighted by Crippen LogP contribution is 2.14. The molecule has 0 aliphatic carbocycles. The molecule has 1 aromatic rings. The van der Waals surface area contributed by atoms with Gasteiger partial charge in [-0.15, -0.1) is 0 Å². The van der Waals surface area contributed by atoms with E-state index in [1.807, 2.05) is 0 Å². The molecular formula is C16H22N3O4+. The van der Waals surface area contributed by atoms with Crippen molar-refractivity contribution in [1.82, 2.24) is 0 Å². The molecule has 1 saturated heterocycles. The van der Waals surface area contributed by atoms with Gasteiger partial charge in [0.25, 0.3) is 5.69 Å². The minimum absolute atomic E-state index is 0.0583. The number of hydrogen-bond donors (Lipinski definition) is 1. The number of morpholine rings is 1. The Morgan fingerprint density at radius 2 is 2.04 bits per heavy atom. The van der Waals surface area contributed by atoms with E-state index in [4.69, 9.17) is 9.94 Å². The Morgan fingerprint density at radius 3 is 2.61 bits per heavy atom. The van der Waals surface area contributed by atoms with Crippen molar-refractivity contribution in [3.05, 3.63) is 46.0 Å². The number of non-ortho nitro benzene ring substituents is 1. The monoisotopic (exact) mass is 320 g/mol. The second-order valence-electron chi connectivity index (χ2n) is 5.93. The molecule has 7 nitrogen and oxygen atoms in total. The molecule has 0 spiro atoms. The zero-order valence-corrected chi connectivity index (χ0v) is 13.2. The van der Waals surface area contributed by atoms with Gasteiger partial charge in [-0.1, -0.05) is 11.2 Å². The van der Waals surface area contributed by atoms with Gasteiger partial charge in [-0.2, -0.15) is 0 Å². The third-order valence-electron chi connectivity index (χ3n) is 4.16. The maximum atomic E-state index is 10.6. The summed E-state index contributed by atoms with van der Waals surface area (Å²) < 4.78 is 6.28. The van der Waals surface area contributed by atoms with Gasteiger partial charge in [0, 0.05) is 18.6 Å². The SMILES string of the molecule is C[N+]1(CCC(/C=C/c2ccc([N+](=O)[O-])cc2)=N\O)CCOCC1. The molecule has 0 atom stereocenters. The molecule has 0 radical (unpaired) electrons. The topological polar surface area (TPSA) is 85.0 Å². The molecule has 0 amide bonds. The van der Waals surface area contributed by atoms with Crippen LogP contribution in [0.1, 0.15) is 12.0 Å². The van der Waals surface area contributed by atoms with Crippen molar-refractivity contribution in [2.75, 3.05) is 39.9 Å². The summed E-state index contributed by atoms with van der Waals surface area (Å²) in [6.45, 7) is 4.34. The molecule has 2 rings (SSSR count). The van der Waals surface area contributed by atoms with E-state index >= 15 is 0 Å². The Balaban J connectivity index is 1.92. The van der Waals surface area contributed by atoms with Gasteiger partial charge in [-0.05, 0) is 23.8 Å². The van der Waals surface area contributed by atoms with Gasteiger partial charge in [0.15, 0.2) is 0 Å². The predicted molar refractivity (Wildman–Crippen MR) is 87.6 cm³/mol. The summed E-state index contributed by atoms with van der Waals surface area (Å²) in [6.07, 6.45) is 4.20. The van der Waals surface area contributed by atoms with Crippen LogP contribution in [0.25, 0.3) is 6.08 Å². The average molecular weight is 320 g/mol. The molecule has 0 bridgehead atoms. The van der Waals surface area contributed by atoms with E-state index in [0.717, 1.165) is 42.9 Å². The number of hydrogen-bond acceptors (Lipinski definition) is 5. The predicted octanol–water partition coefficient (Wildman–Crippen LogP) is 2.31. The first-order valence-electron chi connectivity index (χ1n) is 7.57. The number of quaternary nitrogens is 1. The lowest BCUT2D eigenvalue weighted by molar-refractivity contribution is -0.916. The van der Waals surface area contributed by atoms with E-state index in [1.54, 1.807) is 24.3 Å². The quantitative estimate of drug-likeness (QED) is 0.286. The van der Waals surface area contributed by atoms with E-state index in [-0.39, 0.29) is 5.69 Å². The summed E-state index contributed by atoms with van der Waals surface area (Å²) in [7, 11) is 2.18. The van der Waals surface area contributed by atoms with Gasteiger partial charge in [0.05, 0.1) is 37.4 Å². The smallest absolute Gasteiger partial charge is 0.269 e. The third kappa shape index (κ3) is 5.15. The van der Waals surface area contributed by atoms with Crippen LogP contribution in [0.4, 0.5) is 5.69 Å². The van der Waals surface area contributed by atoms with E-state index in [0.29, 0.717) is 12.1 Å². The van der Waals surface area contributed by atoms with Gasteiger partial charge < -0.3 is 14.4 Å². The second-order valence-corrected chi connectivity index (χ2v) is 5.93. The Kier molecular flexibility index (Phi) is 5.84. The number of oxime groups is 1. The Bertz CT molecular complexity index is 590.